The van der Waals surface area contributed by atoms with Crippen LogP contribution in [0.15, 0.2) is 29.2 Å². The predicted molar refractivity (Wildman–Crippen MR) is 116 cm³/mol. The van der Waals surface area contributed by atoms with Gasteiger partial charge in [0.25, 0.3) is 0 Å². The van der Waals surface area contributed by atoms with E-state index >= 15 is 0 Å². The highest BCUT2D eigenvalue weighted by molar-refractivity contribution is 7.89. The number of anilines is 1. The van der Waals surface area contributed by atoms with Crippen LogP contribution in [0.4, 0.5) is 5.69 Å². The Balaban J connectivity index is 1.70. The lowest BCUT2D eigenvalue weighted by atomic mass is 9.96. The largest absolute Gasteiger partial charge is 0.369 e. The lowest BCUT2D eigenvalue weighted by Gasteiger charge is -2.32. The van der Waals surface area contributed by atoms with Gasteiger partial charge in [-0.15, -0.1) is 0 Å². The molecule has 0 saturated carbocycles. The summed E-state index contributed by atoms with van der Waals surface area (Å²) in [5.41, 5.74) is 5.96. The van der Waals surface area contributed by atoms with Crippen molar-refractivity contribution in [3.63, 3.8) is 0 Å². The third-order valence-electron chi connectivity index (χ3n) is 6.10. The Hall–Kier alpha value is -2.46. The normalized spacial score (nSPS) is 22.2. The van der Waals surface area contributed by atoms with E-state index in [1.54, 1.807) is 30.9 Å². The number of benzene rings is 1. The molecular weight excluding hydrogens is 420 g/mol. The second-order valence-electron chi connectivity index (χ2n) is 8.01. The zero-order chi connectivity index (χ0) is 22.8. The summed E-state index contributed by atoms with van der Waals surface area (Å²) in [6, 6.07) is 6.19. The van der Waals surface area contributed by atoms with Crippen LogP contribution in [0.1, 0.15) is 33.1 Å². The molecule has 10 heteroatoms. The molecule has 2 heterocycles. The zero-order valence-corrected chi connectivity index (χ0v) is 18.8. The average Bonchev–Trinajstić information content (AvgIpc) is 3.15. The first-order valence-corrected chi connectivity index (χ1v) is 12.1. The maximum atomic E-state index is 12.9. The Kier molecular flexibility index (Phi) is 7.00. The fraction of sp³-hybridized carbons (Fsp3) is 0.571. The SMILES string of the molecule is CCN(CC)S(=O)(=O)c1ccc(N2CC(C(=O)N3CCCC(C(N)=O)C3)CC2=O)cc1. The first-order chi connectivity index (χ1) is 14.7. The molecule has 2 fully saturated rings. The molecule has 0 bridgehead atoms. The van der Waals surface area contributed by atoms with Crippen molar-refractivity contribution in [1.82, 2.24) is 9.21 Å². The average molecular weight is 451 g/mol. The van der Waals surface area contributed by atoms with Crippen molar-refractivity contribution in [1.29, 1.82) is 0 Å². The number of carbonyl (C=O) groups excluding carboxylic acids is 3. The van der Waals surface area contributed by atoms with Gasteiger partial charge in [-0.25, -0.2) is 8.42 Å². The molecule has 2 aliphatic heterocycles. The molecule has 2 unspecified atom stereocenters. The molecule has 2 aliphatic rings. The minimum absolute atomic E-state index is 0.0933. The topological polar surface area (TPSA) is 121 Å². The Morgan fingerprint density at radius 2 is 1.74 bits per heavy atom. The number of rotatable bonds is 7. The van der Waals surface area contributed by atoms with E-state index in [4.69, 9.17) is 5.73 Å². The van der Waals surface area contributed by atoms with Gasteiger partial charge < -0.3 is 15.5 Å². The van der Waals surface area contributed by atoms with Gasteiger partial charge in [-0.3, -0.25) is 14.4 Å². The predicted octanol–water partition coefficient (Wildman–Crippen LogP) is 0.794. The lowest BCUT2D eigenvalue weighted by Crippen LogP contribution is -2.46. The van der Waals surface area contributed by atoms with Gasteiger partial charge in [0.15, 0.2) is 0 Å². The van der Waals surface area contributed by atoms with E-state index in [0.29, 0.717) is 44.7 Å². The number of nitrogens with two attached hydrogens (primary N) is 1. The van der Waals surface area contributed by atoms with Gasteiger partial charge in [0.2, 0.25) is 27.7 Å². The van der Waals surface area contributed by atoms with Gasteiger partial charge >= 0.3 is 0 Å². The monoisotopic (exact) mass is 450 g/mol. The summed E-state index contributed by atoms with van der Waals surface area (Å²) < 4.78 is 26.7. The first-order valence-electron chi connectivity index (χ1n) is 10.7. The minimum Gasteiger partial charge on any atom is -0.369 e. The molecule has 1 aromatic rings. The van der Waals surface area contributed by atoms with Crippen molar-refractivity contribution in [2.24, 2.45) is 17.6 Å². The van der Waals surface area contributed by atoms with E-state index in [2.05, 4.69) is 0 Å². The van der Waals surface area contributed by atoms with Crippen LogP contribution in [-0.4, -0.2) is 68.1 Å². The number of piperidine rings is 1. The van der Waals surface area contributed by atoms with E-state index in [-0.39, 0.29) is 35.6 Å². The highest BCUT2D eigenvalue weighted by atomic mass is 32.2. The number of carbonyl (C=O) groups is 3. The van der Waals surface area contributed by atoms with Crippen LogP contribution in [0.5, 0.6) is 0 Å². The number of primary amides is 1. The molecule has 1 aromatic carbocycles. The second kappa shape index (κ2) is 9.35. The number of nitrogens with zero attached hydrogens (tertiary/aromatic N) is 3. The first kappa shape index (κ1) is 23.2. The van der Waals surface area contributed by atoms with Crippen LogP contribution in [0, 0.1) is 11.8 Å². The Bertz CT molecular complexity index is 943. The highest BCUT2D eigenvalue weighted by Crippen LogP contribution is 2.29. The molecule has 9 nitrogen and oxygen atoms in total. The van der Waals surface area contributed by atoms with Gasteiger partial charge in [0, 0.05) is 44.8 Å². The fourth-order valence-corrected chi connectivity index (χ4v) is 5.76. The number of hydrogen-bond acceptors (Lipinski definition) is 5. The van der Waals surface area contributed by atoms with E-state index in [9.17, 15) is 22.8 Å². The molecule has 0 spiro atoms. The van der Waals surface area contributed by atoms with Crippen molar-refractivity contribution >= 4 is 33.4 Å². The number of hydrogen-bond donors (Lipinski definition) is 1. The molecular formula is C21H30N4O5S. The van der Waals surface area contributed by atoms with Crippen molar-refractivity contribution in [2.45, 2.75) is 38.0 Å². The van der Waals surface area contributed by atoms with E-state index in [0.717, 1.165) is 0 Å². The van der Waals surface area contributed by atoms with Crippen molar-refractivity contribution in [2.75, 3.05) is 37.6 Å². The summed E-state index contributed by atoms with van der Waals surface area (Å²) in [6.07, 6.45) is 1.49. The molecule has 3 amide bonds. The summed E-state index contributed by atoms with van der Waals surface area (Å²) in [5.74, 6) is -1.55. The van der Waals surface area contributed by atoms with Crippen molar-refractivity contribution in [3.05, 3.63) is 24.3 Å². The minimum atomic E-state index is -3.57. The molecule has 2 atom stereocenters. The Morgan fingerprint density at radius 1 is 1.10 bits per heavy atom. The van der Waals surface area contributed by atoms with Crippen LogP contribution in [-0.2, 0) is 24.4 Å². The molecule has 31 heavy (non-hydrogen) atoms. The zero-order valence-electron chi connectivity index (χ0n) is 18.0. The van der Waals surface area contributed by atoms with E-state index in [1.807, 2.05) is 0 Å². The standard InChI is InChI=1S/C21H30N4O5S/c1-3-24(4-2)31(29,30)18-9-7-17(8-10-18)25-14-16(12-19(25)26)21(28)23-11-5-6-15(13-23)20(22)27/h7-10,15-16H,3-6,11-14H2,1-2H3,(H2,22,27). The third-order valence-corrected chi connectivity index (χ3v) is 8.17. The van der Waals surface area contributed by atoms with Gasteiger partial charge in [0.05, 0.1) is 16.7 Å². The van der Waals surface area contributed by atoms with Crippen LogP contribution in [0.2, 0.25) is 0 Å². The van der Waals surface area contributed by atoms with Gasteiger partial charge in [-0.2, -0.15) is 4.31 Å². The summed E-state index contributed by atoms with van der Waals surface area (Å²) >= 11 is 0. The lowest BCUT2D eigenvalue weighted by molar-refractivity contribution is -0.139. The van der Waals surface area contributed by atoms with Crippen LogP contribution in [0.3, 0.4) is 0 Å². The van der Waals surface area contributed by atoms with Crippen LogP contribution in [0.25, 0.3) is 0 Å². The summed E-state index contributed by atoms with van der Waals surface area (Å²) in [7, 11) is -3.57. The third kappa shape index (κ3) is 4.74. The molecule has 0 aromatic heterocycles. The highest BCUT2D eigenvalue weighted by Gasteiger charge is 2.39. The van der Waals surface area contributed by atoms with E-state index < -0.39 is 21.8 Å². The Morgan fingerprint density at radius 3 is 2.32 bits per heavy atom. The smallest absolute Gasteiger partial charge is 0.243 e. The molecule has 170 valence electrons. The molecule has 2 saturated heterocycles. The summed E-state index contributed by atoms with van der Waals surface area (Å²) in [4.78, 5) is 40.3. The number of likely N-dealkylation sites (tertiary alicyclic amines) is 1. The maximum absolute atomic E-state index is 12.9. The maximum Gasteiger partial charge on any atom is 0.243 e. The van der Waals surface area contributed by atoms with Crippen LogP contribution >= 0.6 is 0 Å². The number of sulfonamides is 1. The van der Waals surface area contributed by atoms with E-state index in [1.165, 1.54) is 21.3 Å². The summed E-state index contributed by atoms with van der Waals surface area (Å²) in [6.45, 7) is 5.41. The second-order valence-corrected chi connectivity index (χ2v) is 9.95. The van der Waals surface area contributed by atoms with Crippen molar-refractivity contribution in [3.8, 4) is 0 Å². The fourth-order valence-electron chi connectivity index (χ4n) is 4.30. The number of amides is 3. The van der Waals surface area contributed by atoms with Crippen LogP contribution < -0.4 is 10.6 Å². The van der Waals surface area contributed by atoms with Gasteiger partial charge in [0.1, 0.15) is 0 Å². The van der Waals surface area contributed by atoms with Gasteiger partial charge in [-0.1, -0.05) is 13.8 Å². The molecule has 2 N–H and O–H groups in total. The Labute approximate surface area is 183 Å². The van der Waals surface area contributed by atoms with Crippen molar-refractivity contribution < 1.29 is 22.8 Å². The molecule has 0 aliphatic carbocycles. The van der Waals surface area contributed by atoms with Gasteiger partial charge in [-0.05, 0) is 37.1 Å². The quantitative estimate of drug-likeness (QED) is 0.658. The molecule has 3 rings (SSSR count). The molecule has 0 radical (unpaired) electrons. The summed E-state index contributed by atoms with van der Waals surface area (Å²) in [5, 5.41) is 0.